The van der Waals surface area contributed by atoms with Crippen molar-refractivity contribution in [3.63, 3.8) is 0 Å². The zero-order chi connectivity index (χ0) is 60.2. The molecule has 12 unspecified atom stereocenters. The molecule has 0 saturated carbocycles. The molecule has 14 nitrogen and oxygen atoms in total. The Balaban J connectivity index is 1.74. The van der Waals surface area contributed by atoms with Crippen LogP contribution in [0.5, 0.6) is 0 Å². The Morgan fingerprint density at radius 2 is 0.843 bits per heavy atom. The first kappa shape index (κ1) is 75.7. The number of hydrogen-bond donors (Lipinski definition) is 9. The summed E-state index contributed by atoms with van der Waals surface area (Å²) in [4.78, 5) is 13.3. The van der Waals surface area contributed by atoms with E-state index in [2.05, 4.69) is 116 Å². The number of carbonyl (C=O) groups excluding carboxylic acids is 1. The zero-order valence-corrected chi connectivity index (χ0v) is 51.4. The van der Waals surface area contributed by atoms with Gasteiger partial charge in [0.25, 0.3) is 0 Å². The number of aliphatic hydroxyl groups is 8. The highest BCUT2D eigenvalue weighted by Gasteiger charge is 2.51. The van der Waals surface area contributed by atoms with Gasteiger partial charge in [0, 0.05) is 6.42 Å². The summed E-state index contributed by atoms with van der Waals surface area (Å²) in [6, 6.07) is -0.946. The van der Waals surface area contributed by atoms with E-state index in [9.17, 15) is 45.6 Å². The van der Waals surface area contributed by atoms with Crippen LogP contribution in [0.1, 0.15) is 226 Å². The standard InChI is InChI=1S/C69H117NO13/c1-3-5-7-9-11-13-15-17-19-21-23-25-26-27-28-29-30-31-32-33-35-37-39-41-43-45-47-49-51-53-61(74)70-57(58(73)52-50-48-46-44-42-40-38-36-34-24-22-20-18-16-14-12-10-8-6-4-2)56-80-68-66(79)64(77)67(60(55-72)82-68)83-69-65(78)63(76)62(75)59(54-71)81-69/h5,7,11,13,17,19,23,25,27-28,30-31,33,35,42,44,50,52,57-60,62-69,71-73,75-79H,3-4,6,8-10,12,14-16,18,20-22,24,26,29,32,34,36-41,43,45-49,51,53-56H2,1-2H3,(H,70,74)/b7-5-,13-11-,19-17-,25-23-,28-27-,31-30-,35-33-,44-42+,52-50+. The van der Waals surface area contributed by atoms with Crippen molar-refractivity contribution < 1.29 is 64.6 Å². The van der Waals surface area contributed by atoms with Gasteiger partial charge in [0.15, 0.2) is 12.6 Å². The van der Waals surface area contributed by atoms with Gasteiger partial charge >= 0.3 is 0 Å². The maximum absolute atomic E-state index is 13.3. The Hall–Kier alpha value is -3.35. The summed E-state index contributed by atoms with van der Waals surface area (Å²) in [5.41, 5.74) is 0. The molecule has 83 heavy (non-hydrogen) atoms. The SMILES string of the molecule is CC/C=C\C/C=C\C/C=C\C/C=C\C/C=C\C/C=C\C/C=C\CCCCCCCCCC(=O)NC(COC1OC(CO)C(OC2OC(CO)C(O)C(O)C2O)C(O)C1O)C(O)/C=C/CC/C=C/CCCCCCCCCCCCCCCC. The fourth-order valence-corrected chi connectivity index (χ4v) is 9.99. The van der Waals surface area contributed by atoms with Crippen LogP contribution >= 0.6 is 0 Å². The molecule has 2 saturated heterocycles. The third kappa shape index (κ3) is 37.7. The van der Waals surface area contributed by atoms with E-state index >= 15 is 0 Å². The highest BCUT2D eigenvalue weighted by Crippen LogP contribution is 2.30. The van der Waals surface area contributed by atoms with Crippen molar-refractivity contribution in [2.24, 2.45) is 0 Å². The molecule has 0 spiro atoms. The first-order valence-corrected chi connectivity index (χ1v) is 32.6. The topological polar surface area (TPSA) is 228 Å². The van der Waals surface area contributed by atoms with Gasteiger partial charge in [0.2, 0.25) is 5.91 Å². The quantitative estimate of drug-likeness (QED) is 0.0204. The number of nitrogens with one attached hydrogen (secondary N) is 1. The van der Waals surface area contributed by atoms with Crippen molar-refractivity contribution in [2.45, 2.75) is 299 Å². The fraction of sp³-hybridized carbons (Fsp3) is 0.725. The first-order chi connectivity index (χ1) is 40.6. The number of allylic oxidation sites excluding steroid dienone is 17. The summed E-state index contributed by atoms with van der Waals surface area (Å²) in [7, 11) is 0. The normalized spacial score (nSPS) is 24.6. The van der Waals surface area contributed by atoms with Gasteiger partial charge in [-0.1, -0.05) is 239 Å². The van der Waals surface area contributed by atoms with Crippen molar-refractivity contribution >= 4 is 5.91 Å². The molecule has 1 amide bonds. The van der Waals surface area contributed by atoms with E-state index in [4.69, 9.17) is 18.9 Å². The molecule has 0 aromatic carbocycles. The Kier molecular flexibility index (Phi) is 48.3. The van der Waals surface area contributed by atoms with Gasteiger partial charge in [-0.25, -0.2) is 0 Å². The van der Waals surface area contributed by atoms with Gasteiger partial charge in [-0.2, -0.15) is 0 Å². The van der Waals surface area contributed by atoms with Gasteiger partial charge in [0.05, 0.1) is 32.0 Å². The molecule has 14 heteroatoms. The van der Waals surface area contributed by atoms with Gasteiger partial charge < -0.3 is 65.1 Å². The van der Waals surface area contributed by atoms with Crippen LogP contribution in [0.3, 0.4) is 0 Å². The summed E-state index contributed by atoms with van der Waals surface area (Å²) in [6.07, 6.45) is 58.4. The molecule has 2 rings (SSSR count). The number of rotatable bonds is 51. The molecule has 0 aliphatic carbocycles. The lowest BCUT2D eigenvalue weighted by atomic mass is 9.97. The molecule has 0 bridgehead atoms. The van der Waals surface area contributed by atoms with Crippen LogP contribution in [0.15, 0.2) is 109 Å². The van der Waals surface area contributed by atoms with Crippen molar-refractivity contribution in [1.29, 1.82) is 0 Å². The fourth-order valence-electron chi connectivity index (χ4n) is 9.99. The van der Waals surface area contributed by atoms with Crippen LogP contribution in [0.2, 0.25) is 0 Å². The lowest BCUT2D eigenvalue weighted by molar-refractivity contribution is -0.359. The predicted octanol–water partition coefficient (Wildman–Crippen LogP) is 12.4. The summed E-state index contributed by atoms with van der Waals surface area (Å²) < 4.78 is 22.8. The van der Waals surface area contributed by atoms with Gasteiger partial charge in [-0.3, -0.25) is 4.79 Å². The Bertz CT molecular complexity index is 1810. The second-order valence-electron chi connectivity index (χ2n) is 22.5. The molecule has 2 aliphatic rings. The molecular formula is C69H117NO13. The molecule has 2 aliphatic heterocycles. The Morgan fingerprint density at radius 3 is 1.33 bits per heavy atom. The van der Waals surface area contributed by atoms with E-state index in [1.165, 1.54) is 89.9 Å². The molecule has 476 valence electrons. The highest BCUT2D eigenvalue weighted by atomic mass is 16.7. The van der Waals surface area contributed by atoms with E-state index in [1.807, 2.05) is 6.08 Å². The van der Waals surface area contributed by atoms with Crippen molar-refractivity contribution in [2.75, 3.05) is 19.8 Å². The third-order valence-electron chi connectivity index (χ3n) is 15.2. The molecular weight excluding hydrogens is 1050 g/mol. The Morgan fingerprint density at radius 1 is 0.446 bits per heavy atom. The zero-order valence-electron chi connectivity index (χ0n) is 51.4. The number of amides is 1. The van der Waals surface area contributed by atoms with Crippen LogP contribution in [0, 0.1) is 0 Å². The largest absolute Gasteiger partial charge is 0.394 e. The van der Waals surface area contributed by atoms with Crippen LogP contribution < -0.4 is 5.32 Å². The smallest absolute Gasteiger partial charge is 0.220 e. The number of aliphatic hydroxyl groups excluding tert-OH is 8. The molecule has 0 radical (unpaired) electrons. The predicted molar refractivity (Wildman–Crippen MR) is 336 cm³/mol. The highest BCUT2D eigenvalue weighted by molar-refractivity contribution is 5.76. The summed E-state index contributed by atoms with van der Waals surface area (Å²) in [5, 5.41) is 87.3. The van der Waals surface area contributed by atoms with Gasteiger partial charge in [-0.15, -0.1) is 0 Å². The molecule has 0 aromatic rings. The van der Waals surface area contributed by atoms with Crippen molar-refractivity contribution in [3.8, 4) is 0 Å². The van der Waals surface area contributed by atoms with E-state index in [-0.39, 0.29) is 18.9 Å². The third-order valence-corrected chi connectivity index (χ3v) is 15.2. The summed E-state index contributed by atoms with van der Waals surface area (Å²) in [5.74, 6) is -0.264. The van der Waals surface area contributed by atoms with E-state index < -0.39 is 86.8 Å². The average molecular weight is 1170 g/mol. The number of hydrogen-bond acceptors (Lipinski definition) is 13. The van der Waals surface area contributed by atoms with Crippen LogP contribution in [-0.2, 0) is 23.7 Å². The summed E-state index contributed by atoms with van der Waals surface area (Å²) in [6.45, 7) is 2.66. The number of unbranched alkanes of at least 4 members (excludes halogenated alkanes) is 22. The van der Waals surface area contributed by atoms with Crippen molar-refractivity contribution in [1.82, 2.24) is 5.32 Å². The minimum atomic E-state index is -1.80. The Labute approximate surface area is 502 Å². The van der Waals surface area contributed by atoms with Crippen LogP contribution in [0.25, 0.3) is 0 Å². The molecule has 12 atom stereocenters. The second kappa shape index (κ2) is 52.9. The maximum Gasteiger partial charge on any atom is 0.220 e. The maximum atomic E-state index is 13.3. The van der Waals surface area contributed by atoms with E-state index in [0.717, 1.165) is 103 Å². The minimum Gasteiger partial charge on any atom is -0.394 e. The summed E-state index contributed by atoms with van der Waals surface area (Å²) >= 11 is 0. The average Bonchev–Trinajstić information content (AvgIpc) is 3.65. The first-order valence-electron chi connectivity index (χ1n) is 32.6. The number of ether oxygens (including phenoxy) is 4. The minimum absolute atomic E-state index is 0.253. The van der Waals surface area contributed by atoms with E-state index in [0.29, 0.717) is 12.8 Å². The molecule has 9 N–H and O–H groups in total. The van der Waals surface area contributed by atoms with Crippen LogP contribution in [-0.4, -0.2) is 140 Å². The molecule has 2 heterocycles. The molecule has 2 fully saturated rings. The van der Waals surface area contributed by atoms with Crippen LogP contribution in [0.4, 0.5) is 0 Å². The van der Waals surface area contributed by atoms with Crippen molar-refractivity contribution in [3.05, 3.63) is 109 Å². The monoisotopic (exact) mass is 1170 g/mol. The van der Waals surface area contributed by atoms with Gasteiger partial charge in [-0.05, 0) is 89.9 Å². The lowest BCUT2D eigenvalue weighted by Crippen LogP contribution is -2.65. The number of carbonyl (C=O) groups is 1. The lowest BCUT2D eigenvalue weighted by Gasteiger charge is -2.46. The second-order valence-corrected chi connectivity index (χ2v) is 22.5. The van der Waals surface area contributed by atoms with E-state index in [1.54, 1.807) is 6.08 Å². The molecule has 0 aromatic heterocycles. The van der Waals surface area contributed by atoms with Gasteiger partial charge in [0.1, 0.15) is 48.8 Å².